The fourth-order valence-electron chi connectivity index (χ4n) is 1.37. The minimum Gasteiger partial charge on any atom is -0.497 e. The smallest absolute Gasteiger partial charge is 0.119 e. The summed E-state index contributed by atoms with van der Waals surface area (Å²) in [6, 6.07) is 11.8. The molecule has 0 atom stereocenters. The van der Waals surface area contributed by atoms with Gasteiger partial charge in [-0.2, -0.15) is 0 Å². The van der Waals surface area contributed by atoms with Crippen LogP contribution in [0.15, 0.2) is 36.4 Å². The minimum absolute atomic E-state index is 0.790. The van der Waals surface area contributed by atoms with Crippen molar-refractivity contribution in [3.05, 3.63) is 48.9 Å². The molecule has 0 saturated heterocycles. The number of fused-ring (bicyclic) bond motifs is 1. The van der Waals surface area contributed by atoms with Crippen molar-refractivity contribution in [3.63, 3.8) is 0 Å². The monoisotopic (exact) mass is 170 g/mol. The summed E-state index contributed by atoms with van der Waals surface area (Å²) in [5, 5.41) is 2.29. The third-order valence-corrected chi connectivity index (χ3v) is 2.07. The van der Waals surface area contributed by atoms with Crippen LogP contribution in [0.4, 0.5) is 0 Å². The Morgan fingerprint density at radius 2 is 1.69 bits per heavy atom. The lowest BCUT2D eigenvalue weighted by Gasteiger charge is -2.02. The molecule has 0 N–H and O–H groups in total. The zero-order chi connectivity index (χ0) is 9.26. The molecule has 1 heteroatoms. The fraction of sp³-hybridized carbons (Fsp3) is 0.0833. The Labute approximate surface area is 78.0 Å². The number of methoxy groups -OCH3 is 1. The Kier molecular flexibility index (Phi) is 1.93. The second kappa shape index (κ2) is 3.09. The normalized spacial score (nSPS) is 10.3. The third-order valence-electron chi connectivity index (χ3n) is 2.07. The second-order valence-corrected chi connectivity index (χ2v) is 2.97. The van der Waals surface area contributed by atoms with Gasteiger partial charge >= 0.3 is 0 Å². The van der Waals surface area contributed by atoms with E-state index in [-0.39, 0.29) is 0 Å². The van der Waals surface area contributed by atoms with Crippen molar-refractivity contribution in [3.8, 4) is 5.75 Å². The highest BCUT2D eigenvalue weighted by molar-refractivity contribution is 5.84. The highest BCUT2D eigenvalue weighted by Crippen LogP contribution is 2.21. The van der Waals surface area contributed by atoms with Crippen LogP contribution in [0, 0.1) is 6.92 Å². The van der Waals surface area contributed by atoms with Crippen molar-refractivity contribution in [1.82, 2.24) is 0 Å². The molecule has 0 aromatic heterocycles. The summed E-state index contributed by atoms with van der Waals surface area (Å²) >= 11 is 0. The molecule has 13 heavy (non-hydrogen) atoms. The van der Waals surface area contributed by atoms with E-state index in [0.29, 0.717) is 0 Å². The van der Waals surface area contributed by atoms with Gasteiger partial charge in [-0.15, -0.1) is 0 Å². The van der Waals surface area contributed by atoms with Gasteiger partial charge in [0, 0.05) is 0 Å². The zero-order valence-electron chi connectivity index (χ0n) is 7.45. The van der Waals surface area contributed by atoms with E-state index in [1.54, 1.807) is 7.11 Å². The highest BCUT2D eigenvalue weighted by atomic mass is 16.5. The van der Waals surface area contributed by atoms with Crippen LogP contribution in [-0.4, -0.2) is 7.11 Å². The number of ether oxygens (including phenoxy) is 1. The number of benzene rings is 2. The van der Waals surface area contributed by atoms with Crippen LogP contribution in [0.2, 0.25) is 0 Å². The molecule has 0 unspecified atom stereocenters. The van der Waals surface area contributed by atoms with Crippen molar-refractivity contribution in [2.45, 2.75) is 0 Å². The van der Waals surface area contributed by atoms with Gasteiger partial charge in [-0.05, 0) is 35.4 Å². The highest BCUT2D eigenvalue weighted by Gasteiger charge is 1.95. The molecule has 2 radical (unpaired) electrons. The Morgan fingerprint density at radius 1 is 1.00 bits per heavy atom. The van der Waals surface area contributed by atoms with Crippen LogP contribution < -0.4 is 4.74 Å². The molecular weight excluding hydrogens is 160 g/mol. The number of hydrogen-bond acceptors (Lipinski definition) is 1. The van der Waals surface area contributed by atoms with Crippen LogP contribution in [-0.2, 0) is 0 Å². The average molecular weight is 170 g/mol. The molecule has 0 heterocycles. The van der Waals surface area contributed by atoms with Crippen LogP contribution in [0.5, 0.6) is 5.75 Å². The lowest BCUT2D eigenvalue weighted by molar-refractivity contribution is 0.415. The largest absolute Gasteiger partial charge is 0.497 e. The lowest BCUT2D eigenvalue weighted by atomic mass is 10.1. The van der Waals surface area contributed by atoms with E-state index in [1.165, 1.54) is 0 Å². The standard InChI is InChI=1S/C12H10O/c1-9-3-4-11-8-12(13-2)6-5-10(11)7-9/h1,3-8H,2H3. The van der Waals surface area contributed by atoms with Crippen molar-refractivity contribution < 1.29 is 4.74 Å². The average Bonchev–Trinajstić information content (AvgIpc) is 2.17. The summed E-state index contributed by atoms with van der Waals surface area (Å²) in [5.41, 5.74) is 0.790. The van der Waals surface area contributed by atoms with Crippen LogP contribution in [0.25, 0.3) is 10.8 Å². The van der Waals surface area contributed by atoms with Gasteiger partial charge in [0.25, 0.3) is 0 Å². The van der Waals surface area contributed by atoms with Gasteiger partial charge in [0.2, 0.25) is 0 Å². The molecule has 0 spiro atoms. The molecule has 0 aliphatic carbocycles. The molecule has 64 valence electrons. The zero-order valence-corrected chi connectivity index (χ0v) is 7.45. The fourth-order valence-corrected chi connectivity index (χ4v) is 1.37. The van der Waals surface area contributed by atoms with Gasteiger partial charge in [0.15, 0.2) is 0 Å². The molecule has 0 aliphatic heterocycles. The molecular formula is C12H10O. The van der Waals surface area contributed by atoms with Crippen molar-refractivity contribution >= 4 is 10.8 Å². The first kappa shape index (κ1) is 8.11. The molecule has 0 aliphatic rings. The van der Waals surface area contributed by atoms with E-state index >= 15 is 0 Å². The van der Waals surface area contributed by atoms with Crippen LogP contribution in [0.3, 0.4) is 0 Å². The first-order valence-electron chi connectivity index (χ1n) is 4.13. The topological polar surface area (TPSA) is 9.23 Å². The van der Waals surface area contributed by atoms with Crippen LogP contribution in [0.1, 0.15) is 5.56 Å². The molecule has 0 fully saturated rings. The van der Waals surface area contributed by atoms with E-state index in [2.05, 4.69) is 0 Å². The lowest BCUT2D eigenvalue weighted by Crippen LogP contribution is -1.82. The third kappa shape index (κ3) is 1.50. The second-order valence-electron chi connectivity index (χ2n) is 2.97. The molecule has 0 amide bonds. The Bertz CT molecular complexity index is 432. The summed E-state index contributed by atoms with van der Waals surface area (Å²) in [6.07, 6.45) is 0. The molecule has 2 aromatic carbocycles. The molecule has 2 rings (SSSR count). The number of hydrogen-bond donors (Lipinski definition) is 0. The van der Waals surface area contributed by atoms with E-state index in [1.807, 2.05) is 36.4 Å². The first-order chi connectivity index (χ1) is 6.29. The summed E-state index contributed by atoms with van der Waals surface area (Å²) in [6.45, 7) is 5.66. The maximum absolute atomic E-state index is 5.66. The SMILES string of the molecule is [CH]c1ccc2cc(OC)ccc2c1. The molecule has 0 bridgehead atoms. The predicted octanol–water partition coefficient (Wildman–Crippen LogP) is 2.91. The minimum atomic E-state index is 0.790. The predicted molar refractivity (Wildman–Crippen MR) is 53.9 cm³/mol. The van der Waals surface area contributed by atoms with E-state index in [4.69, 9.17) is 11.7 Å². The summed E-state index contributed by atoms with van der Waals surface area (Å²) < 4.78 is 5.12. The van der Waals surface area contributed by atoms with Gasteiger partial charge in [-0.1, -0.05) is 24.3 Å². The Balaban J connectivity index is 2.66. The first-order valence-corrected chi connectivity index (χ1v) is 4.13. The van der Waals surface area contributed by atoms with Crippen molar-refractivity contribution in [2.24, 2.45) is 0 Å². The van der Waals surface area contributed by atoms with Gasteiger partial charge in [0.05, 0.1) is 7.11 Å². The summed E-state index contributed by atoms with van der Waals surface area (Å²) in [4.78, 5) is 0. The maximum atomic E-state index is 5.66. The summed E-state index contributed by atoms with van der Waals surface area (Å²) in [7, 11) is 1.67. The van der Waals surface area contributed by atoms with Gasteiger partial charge in [-0.3, -0.25) is 0 Å². The molecule has 2 aromatic rings. The Morgan fingerprint density at radius 3 is 2.46 bits per heavy atom. The van der Waals surface area contributed by atoms with E-state index in [9.17, 15) is 0 Å². The number of rotatable bonds is 1. The van der Waals surface area contributed by atoms with E-state index < -0.39 is 0 Å². The Hall–Kier alpha value is -1.50. The molecule has 1 nitrogen and oxygen atoms in total. The maximum Gasteiger partial charge on any atom is 0.119 e. The van der Waals surface area contributed by atoms with Crippen molar-refractivity contribution in [2.75, 3.05) is 7.11 Å². The van der Waals surface area contributed by atoms with Gasteiger partial charge in [-0.25, -0.2) is 0 Å². The molecule has 0 saturated carbocycles. The van der Waals surface area contributed by atoms with Crippen LogP contribution >= 0.6 is 0 Å². The van der Waals surface area contributed by atoms with Crippen molar-refractivity contribution in [1.29, 1.82) is 0 Å². The van der Waals surface area contributed by atoms with Gasteiger partial charge < -0.3 is 4.74 Å². The van der Waals surface area contributed by atoms with E-state index in [0.717, 1.165) is 22.1 Å². The summed E-state index contributed by atoms with van der Waals surface area (Å²) in [5.74, 6) is 0.872. The van der Waals surface area contributed by atoms with Gasteiger partial charge in [0.1, 0.15) is 5.75 Å². The quantitative estimate of drug-likeness (QED) is 0.639.